The van der Waals surface area contributed by atoms with Crippen LogP contribution in [0.5, 0.6) is 0 Å². The number of aromatic carboxylic acids is 1. The van der Waals surface area contributed by atoms with E-state index in [4.69, 9.17) is 5.11 Å². The van der Waals surface area contributed by atoms with Crippen LogP contribution >= 0.6 is 0 Å². The van der Waals surface area contributed by atoms with Gasteiger partial charge in [0.2, 0.25) is 10.0 Å². The van der Waals surface area contributed by atoms with Crippen molar-refractivity contribution < 1.29 is 18.3 Å². The van der Waals surface area contributed by atoms with Crippen molar-refractivity contribution in [3.63, 3.8) is 0 Å². The van der Waals surface area contributed by atoms with Crippen LogP contribution in [0, 0.1) is 5.92 Å². The minimum absolute atomic E-state index is 0.0295. The van der Waals surface area contributed by atoms with E-state index < -0.39 is 16.0 Å². The molecule has 1 aromatic rings. The summed E-state index contributed by atoms with van der Waals surface area (Å²) < 4.78 is 26.8. The Kier molecular flexibility index (Phi) is 3.76. The maximum absolute atomic E-state index is 11.7. The molecule has 7 nitrogen and oxygen atoms in total. The first-order chi connectivity index (χ1) is 7.73. The van der Waals surface area contributed by atoms with E-state index in [2.05, 4.69) is 9.82 Å². The number of carboxylic acids is 1. The normalized spacial score (nSPS) is 11.8. The van der Waals surface area contributed by atoms with Crippen LogP contribution in [0.1, 0.15) is 24.2 Å². The molecule has 0 bridgehead atoms. The summed E-state index contributed by atoms with van der Waals surface area (Å²) in [6, 6.07) is 0. The Hall–Kier alpha value is -1.57. The quantitative estimate of drug-likeness (QED) is 0.804. The van der Waals surface area contributed by atoms with Crippen LogP contribution in [0.15, 0.2) is 6.20 Å². The van der Waals surface area contributed by atoms with Crippen molar-refractivity contribution in [2.75, 3.05) is 10.5 Å². The fourth-order valence-corrected chi connectivity index (χ4v) is 2.84. The average molecular weight is 261 g/mol. The molecule has 0 aliphatic carbocycles. The van der Waals surface area contributed by atoms with Gasteiger partial charge >= 0.3 is 5.97 Å². The van der Waals surface area contributed by atoms with Crippen molar-refractivity contribution in [2.24, 2.45) is 13.0 Å². The maximum atomic E-state index is 11.7. The van der Waals surface area contributed by atoms with Crippen molar-refractivity contribution in [1.82, 2.24) is 9.78 Å². The number of anilines is 1. The fourth-order valence-electron chi connectivity index (χ4n) is 1.34. The number of hydrogen-bond acceptors (Lipinski definition) is 4. The topological polar surface area (TPSA) is 101 Å². The molecule has 8 heteroatoms. The lowest BCUT2D eigenvalue weighted by Crippen LogP contribution is -2.22. The molecule has 0 fully saturated rings. The van der Waals surface area contributed by atoms with Crippen LogP contribution in [0.2, 0.25) is 0 Å². The number of nitrogens with zero attached hydrogens (tertiary/aromatic N) is 2. The summed E-state index contributed by atoms with van der Waals surface area (Å²) in [4.78, 5) is 10.9. The zero-order valence-corrected chi connectivity index (χ0v) is 10.7. The van der Waals surface area contributed by atoms with Gasteiger partial charge in [0.25, 0.3) is 0 Å². The van der Waals surface area contributed by atoms with Gasteiger partial charge in [0.15, 0.2) is 5.82 Å². The third kappa shape index (κ3) is 3.45. The lowest BCUT2D eigenvalue weighted by atomic mass is 10.3. The number of carboxylic acid groups (broad SMARTS) is 1. The van der Waals surface area contributed by atoms with E-state index in [9.17, 15) is 13.2 Å². The Balaban J connectivity index is 3.03. The minimum Gasteiger partial charge on any atom is -0.477 e. The minimum atomic E-state index is -3.56. The Morgan fingerprint density at radius 2 is 2.18 bits per heavy atom. The van der Waals surface area contributed by atoms with E-state index in [1.807, 2.05) is 0 Å². The molecule has 0 aliphatic heterocycles. The summed E-state index contributed by atoms with van der Waals surface area (Å²) in [5.74, 6) is -1.37. The van der Waals surface area contributed by atoms with Gasteiger partial charge in [0.05, 0.1) is 11.9 Å². The smallest absolute Gasteiger partial charge is 0.341 e. The highest BCUT2D eigenvalue weighted by Gasteiger charge is 2.21. The number of nitrogens with one attached hydrogen (secondary N) is 1. The fraction of sp³-hybridized carbons (Fsp3) is 0.556. The largest absolute Gasteiger partial charge is 0.477 e. The molecule has 0 aliphatic rings. The van der Waals surface area contributed by atoms with E-state index in [0.717, 1.165) is 6.20 Å². The zero-order valence-electron chi connectivity index (χ0n) is 9.84. The Bertz CT molecular complexity index is 518. The summed E-state index contributed by atoms with van der Waals surface area (Å²) in [5.41, 5.74) is -0.167. The van der Waals surface area contributed by atoms with E-state index in [1.54, 1.807) is 13.8 Å². The highest BCUT2D eigenvalue weighted by atomic mass is 32.2. The summed E-state index contributed by atoms with van der Waals surface area (Å²) in [5, 5.41) is 12.6. The van der Waals surface area contributed by atoms with Gasteiger partial charge in [-0.3, -0.25) is 9.40 Å². The molecule has 0 radical (unpaired) electrons. The molecular formula is C9H15N3O4S. The van der Waals surface area contributed by atoms with Crippen molar-refractivity contribution >= 4 is 21.8 Å². The first-order valence-corrected chi connectivity index (χ1v) is 6.64. The van der Waals surface area contributed by atoms with E-state index in [0.29, 0.717) is 0 Å². The number of hydrogen-bond donors (Lipinski definition) is 2. The summed E-state index contributed by atoms with van der Waals surface area (Å²) in [7, 11) is -2.08. The summed E-state index contributed by atoms with van der Waals surface area (Å²) >= 11 is 0. The second kappa shape index (κ2) is 4.74. The van der Waals surface area contributed by atoms with E-state index in [1.165, 1.54) is 11.7 Å². The number of carbonyl (C=O) groups is 1. The van der Waals surface area contributed by atoms with Gasteiger partial charge in [-0.05, 0) is 5.92 Å². The van der Waals surface area contributed by atoms with Gasteiger partial charge in [-0.1, -0.05) is 13.8 Å². The molecule has 0 atom stereocenters. The van der Waals surface area contributed by atoms with E-state index in [-0.39, 0.29) is 23.1 Å². The summed E-state index contributed by atoms with van der Waals surface area (Å²) in [6.45, 7) is 3.53. The van der Waals surface area contributed by atoms with Gasteiger partial charge in [-0.2, -0.15) is 5.10 Å². The third-order valence-electron chi connectivity index (χ3n) is 1.97. The standard InChI is InChI=1S/C9H15N3O4S/c1-6(2)5-17(15,16)11-8-7(9(13)14)4-10-12(8)3/h4,6,11H,5H2,1-3H3,(H,13,14). The molecule has 0 saturated carbocycles. The lowest BCUT2D eigenvalue weighted by Gasteiger charge is -2.10. The predicted molar refractivity (Wildman–Crippen MR) is 62.4 cm³/mol. The lowest BCUT2D eigenvalue weighted by molar-refractivity contribution is 0.0698. The highest BCUT2D eigenvalue weighted by Crippen LogP contribution is 2.16. The van der Waals surface area contributed by atoms with Crippen LogP contribution in [-0.4, -0.2) is 35.0 Å². The van der Waals surface area contributed by atoms with E-state index >= 15 is 0 Å². The van der Waals surface area contributed by atoms with Gasteiger partial charge < -0.3 is 5.11 Å². The maximum Gasteiger partial charge on any atom is 0.341 e. The molecule has 0 unspecified atom stereocenters. The number of sulfonamides is 1. The highest BCUT2D eigenvalue weighted by molar-refractivity contribution is 7.92. The predicted octanol–water partition coefficient (Wildman–Crippen LogP) is 0.516. The van der Waals surface area contributed by atoms with Crippen LogP contribution in [0.25, 0.3) is 0 Å². The molecule has 17 heavy (non-hydrogen) atoms. The van der Waals surface area contributed by atoms with Crippen LogP contribution < -0.4 is 4.72 Å². The SMILES string of the molecule is CC(C)CS(=O)(=O)Nc1c(C(=O)O)cnn1C. The number of aryl methyl sites for hydroxylation is 1. The van der Waals surface area contributed by atoms with Crippen LogP contribution in [0.4, 0.5) is 5.82 Å². The molecule has 0 spiro atoms. The van der Waals surface area contributed by atoms with Gasteiger partial charge in [-0.15, -0.1) is 0 Å². The monoisotopic (exact) mass is 261 g/mol. The van der Waals surface area contributed by atoms with Crippen LogP contribution in [0.3, 0.4) is 0 Å². The Morgan fingerprint density at radius 1 is 1.59 bits per heavy atom. The molecule has 0 saturated heterocycles. The Morgan fingerprint density at radius 3 is 2.65 bits per heavy atom. The first-order valence-electron chi connectivity index (χ1n) is 4.98. The molecule has 96 valence electrons. The second-order valence-electron chi connectivity index (χ2n) is 4.11. The second-order valence-corrected chi connectivity index (χ2v) is 5.88. The van der Waals surface area contributed by atoms with Gasteiger partial charge in [0.1, 0.15) is 5.56 Å². The molecular weight excluding hydrogens is 246 g/mol. The van der Waals surface area contributed by atoms with Gasteiger partial charge in [-0.25, -0.2) is 13.2 Å². The Labute approximate surface area is 99.5 Å². The van der Waals surface area contributed by atoms with Crippen molar-refractivity contribution in [3.8, 4) is 0 Å². The first kappa shape index (κ1) is 13.5. The zero-order chi connectivity index (χ0) is 13.2. The van der Waals surface area contributed by atoms with Crippen molar-refractivity contribution in [3.05, 3.63) is 11.8 Å². The molecule has 2 N–H and O–H groups in total. The van der Waals surface area contributed by atoms with Crippen molar-refractivity contribution in [1.29, 1.82) is 0 Å². The molecule has 1 aromatic heterocycles. The molecule has 0 aromatic carbocycles. The molecule has 1 rings (SSSR count). The molecule has 0 amide bonds. The van der Waals surface area contributed by atoms with Crippen molar-refractivity contribution in [2.45, 2.75) is 13.8 Å². The molecule has 1 heterocycles. The third-order valence-corrected chi connectivity index (χ3v) is 3.58. The van der Waals surface area contributed by atoms with Crippen LogP contribution in [-0.2, 0) is 17.1 Å². The average Bonchev–Trinajstić information content (AvgIpc) is 2.44. The van der Waals surface area contributed by atoms with Gasteiger partial charge in [0, 0.05) is 7.05 Å². The number of aromatic nitrogens is 2. The summed E-state index contributed by atoms with van der Waals surface area (Å²) in [6.07, 6.45) is 1.11. The number of rotatable bonds is 5.